The standard InChI is InChI=1S/C12H18N2O3/c1-2-10-7-14(3-4-16-10)12(15)9-5-11(6-13)17-8-9/h5,8,10H,2-4,6-7,13H2,1H3. The van der Waals surface area contributed by atoms with Crippen molar-refractivity contribution in [2.45, 2.75) is 26.0 Å². The van der Waals surface area contributed by atoms with E-state index in [1.54, 1.807) is 6.07 Å². The molecule has 1 aromatic rings. The smallest absolute Gasteiger partial charge is 0.257 e. The summed E-state index contributed by atoms with van der Waals surface area (Å²) < 4.78 is 10.7. The number of carbonyl (C=O) groups excluding carboxylic acids is 1. The van der Waals surface area contributed by atoms with Gasteiger partial charge in [-0.05, 0) is 12.5 Å². The van der Waals surface area contributed by atoms with Crippen molar-refractivity contribution in [2.75, 3.05) is 19.7 Å². The molecule has 0 radical (unpaired) electrons. The number of furan rings is 1. The molecule has 1 amide bonds. The van der Waals surface area contributed by atoms with Crippen molar-refractivity contribution in [3.63, 3.8) is 0 Å². The van der Waals surface area contributed by atoms with Crippen LogP contribution in [0.25, 0.3) is 0 Å². The molecule has 5 heteroatoms. The van der Waals surface area contributed by atoms with Gasteiger partial charge in [-0.25, -0.2) is 0 Å². The Hall–Kier alpha value is -1.33. The third kappa shape index (κ3) is 2.68. The molecule has 0 spiro atoms. The highest BCUT2D eigenvalue weighted by Gasteiger charge is 2.24. The van der Waals surface area contributed by atoms with E-state index in [1.807, 2.05) is 4.90 Å². The lowest BCUT2D eigenvalue weighted by molar-refractivity contribution is -0.0226. The molecule has 5 nitrogen and oxygen atoms in total. The Labute approximate surface area is 101 Å². The first-order chi connectivity index (χ1) is 8.24. The van der Waals surface area contributed by atoms with Gasteiger partial charge in [0, 0.05) is 13.1 Å². The van der Waals surface area contributed by atoms with Crippen molar-refractivity contribution in [1.29, 1.82) is 0 Å². The number of nitrogens with zero attached hydrogens (tertiary/aromatic N) is 1. The molecule has 2 rings (SSSR count). The topological polar surface area (TPSA) is 68.7 Å². The van der Waals surface area contributed by atoms with Gasteiger partial charge >= 0.3 is 0 Å². The first-order valence-electron chi connectivity index (χ1n) is 5.93. The zero-order valence-corrected chi connectivity index (χ0v) is 10.0. The van der Waals surface area contributed by atoms with Crippen LogP contribution in [0.2, 0.25) is 0 Å². The molecule has 1 unspecified atom stereocenters. The summed E-state index contributed by atoms with van der Waals surface area (Å²) in [6.07, 6.45) is 2.54. The van der Waals surface area contributed by atoms with E-state index in [1.165, 1.54) is 6.26 Å². The zero-order chi connectivity index (χ0) is 12.3. The molecule has 1 saturated heterocycles. The third-order valence-corrected chi connectivity index (χ3v) is 2.98. The summed E-state index contributed by atoms with van der Waals surface area (Å²) in [6.45, 7) is 4.26. The molecule has 94 valence electrons. The molecule has 1 atom stereocenters. The maximum Gasteiger partial charge on any atom is 0.257 e. The third-order valence-electron chi connectivity index (χ3n) is 2.98. The predicted molar refractivity (Wildman–Crippen MR) is 62.5 cm³/mol. The van der Waals surface area contributed by atoms with Gasteiger partial charge < -0.3 is 19.8 Å². The molecular formula is C12H18N2O3. The van der Waals surface area contributed by atoms with Crippen molar-refractivity contribution in [3.05, 3.63) is 23.7 Å². The maximum absolute atomic E-state index is 12.2. The number of amides is 1. The summed E-state index contributed by atoms with van der Waals surface area (Å²) >= 11 is 0. The fourth-order valence-electron chi connectivity index (χ4n) is 1.93. The summed E-state index contributed by atoms with van der Waals surface area (Å²) in [5, 5.41) is 0. The van der Waals surface area contributed by atoms with Gasteiger partial charge in [-0.2, -0.15) is 0 Å². The van der Waals surface area contributed by atoms with E-state index in [4.69, 9.17) is 14.9 Å². The lowest BCUT2D eigenvalue weighted by Gasteiger charge is -2.32. The number of nitrogens with two attached hydrogens (primary N) is 1. The van der Waals surface area contributed by atoms with Crippen LogP contribution >= 0.6 is 0 Å². The molecule has 1 aliphatic rings. The van der Waals surface area contributed by atoms with Gasteiger partial charge in [0.05, 0.1) is 24.8 Å². The van der Waals surface area contributed by atoms with Crippen LogP contribution in [0.5, 0.6) is 0 Å². The first-order valence-corrected chi connectivity index (χ1v) is 5.93. The number of hydrogen-bond donors (Lipinski definition) is 1. The van der Waals surface area contributed by atoms with E-state index in [0.29, 0.717) is 37.6 Å². The fraction of sp³-hybridized carbons (Fsp3) is 0.583. The van der Waals surface area contributed by atoms with Crippen LogP contribution in [0.1, 0.15) is 29.5 Å². The lowest BCUT2D eigenvalue weighted by atomic mass is 10.2. The minimum Gasteiger partial charge on any atom is -0.467 e. The first kappa shape index (κ1) is 12.1. The van der Waals surface area contributed by atoms with Crippen LogP contribution in [0, 0.1) is 0 Å². The monoisotopic (exact) mass is 238 g/mol. The average molecular weight is 238 g/mol. The molecule has 0 aromatic carbocycles. The Morgan fingerprint density at radius 2 is 2.47 bits per heavy atom. The average Bonchev–Trinajstić information content (AvgIpc) is 2.86. The highest BCUT2D eigenvalue weighted by atomic mass is 16.5. The van der Waals surface area contributed by atoms with E-state index < -0.39 is 0 Å². The molecule has 0 saturated carbocycles. The van der Waals surface area contributed by atoms with E-state index >= 15 is 0 Å². The summed E-state index contributed by atoms with van der Waals surface area (Å²) in [7, 11) is 0. The van der Waals surface area contributed by atoms with E-state index in [0.717, 1.165) is 6.42 Å². The van der Waals surface area contributed by atoms with Crippen LogP contribution in [0.15, 0.2) is 16.7 Å². The van der Waals surface area contributed by atoms with E-state index in [-0.39, 0.29) is 12.0 Å². The zero-order valence-electron chi connectivity index (χ0n) is 10.0. The Kier molecular flexibility index (Phi) is 3.81. The highest BCUT2D eigenvalue weighted by Crippen LogP contribution is 2.14. The van der Waals surface area contributed by atoms with Gasteiger partial charge in [-0.15, -0.1) is 0 Å². The molecule has 0 bridgehead atoms. The summed E-state index contributed by atoms with van der Waals surface area (Å²) in [4.78, 5) is 14.0. The molecule has 1 fully saturated rings. The maximum atomic E-state index is 12.2. The summed E-state index contributed by atoms with van der Waals surface area (Å²) in [6, 6.07) is 1.71. The molecular weight excluding hydrogens is 220 g/mol. The number of rotatable bonds is 3. The van der Waals surface area contributed by atoms with E-state index in [2.05, 4.69) is 6.92 Å². The Bertz CT molecular complexity index is 389. The van der Waals surface area contributed by atoms with Crippen LogP contribution < -0.4 is 5.73 Å². The van der Waals surface area contributed by atoms with Crippen LogP contribution in [0.3, 0.4) is 0 Å². The molecule has 2 heterocycles. The number of ether oxygens (including phenoxy) is 1. The second kappa shape index (κ2) is 5.33. The number of hydrogen-bond acceptors (Lipinski definition) is 4. The second-order valence-corrected chi connectivity index (χ2v) is 4.16. The molecule has 1 aliphatic heterocycles. The second-order valence-electron chi connectivity index (χ2n) is 4.16. The minimum absolute atomic E-state index is 0.00444. The Morgan fingerprint density at radius 1 is 1.65 bits per heavy atom. The normalized spacial score (nSPS) is 20.6. The van der Waals surface area contributed by atoms with Gasteiger partial charge in [0.1, 0.15) is 12.0 Å². The quantitative estimate of drug-likeness (QED) is 0.852. The fourth-order valence-corrected chi connectivity index (χ4v) is 1.93. The SMILES string of the molecule is CCC1CN(C(=O)c2coc(CN)c2)CCO1. The summed E-state index contributed by atoms with van der Waals surface area (Å²) in [5.41, 5.74) is 6.02. The predicted octanol–water partition coefficient (Wildman–Crippen LogP) is 0.989. The van der Waals surface area contributed by atoms with E-state index in [9.17, 15) is 4.79 Å². The number of carbonyl (C=O) groups is 1. The molecule has 0 aliphatic carbocycles. The van der Waals surface area contributed by atoms with Crippen LogP contribution in [-0.4, -0.2) is 36.6 Å². The van der Waals surface area contributed by atoms with Crippen molar-refractivity contribution in [3.8, 4) is 0 Å². The summed E-state index contributed by atoms with van der Waals surface area (Å²) in [5.74, 6) is 0.629. The molecule has 1 aromatic heterocycles. The van der Waals surface area contributed by atoms with Crippen molar-refractivity contribution in [2.24, 2.45) is 5.73 Å². The van der Waals surface area contributed by atoms with Gasteiger partial charge in [-0.1, -0.05) is 6.92 Å². The van der Waals surface area contributed by atoms with Crippen LogP contribution in [-0.2, 0) is 11.3 Å². The highest BCUT2D eigenvalue weighted by molar-refractivity contribution is 5.94. The largest absolute Gasteiger partial charge is 0.467 e. The Morgan fingerprint density at radius 3 is 3.12 bits per heavy atom. The van der Waals surface area contributed by atoms with Crippen LogP contribution in [0.4, 0.5) is 0 Å². The van der Waals surface area contributed by atoms with Gasteiger partial charge in [-0.3, -0.25) is 4.79 Å². The van der Waals surface area contributed by atoms with Gasteiger partial charge in [0.25, 0.3) is 5.91 Å². The molecule has 2 N–H and O–H groups in total. The van der Waals surface area contributed by atoms with Crippen molar-refractivity contribution in [1.82, 2.24) is 4.90 Å². The molecule has 17 heavy (non-hydrogen) atoms. The Balaban J connectivity index is 2.03. The lowest BCUT2D eigenvalue weighted by Crippen LogP contribution is -2.45. The van der Waals surface area contributed by atoms with Gasteiger partial charge in [0.15, 0.2) is 0 Å². The number of morpholine rings is 1. The van der Waals surface area contributed by atoms with Crippen molar-refractivity contribution < 1.29 is 13.9 Å². The van der Waals surface area contributed by atoms with Crippen molar-refractivity contribution >= 4 is 5.91 Å². The van der Waals surface area contributed by atoms with Gasteiger partial charge in [0.2, 0.25) is 0 Å². The minimum atomic E-state index is -0.00444.